The van der Waals surface area contributed by atoms with E-state index in [1.807, 2.05) is 37.3 Å². The van der Waals surface area contributed by atoms with Gasteiger partial charge in [0.05, 0.1) is 25.8 Å². The van der Waals surface area contributed by atoms with Crippen LogP contribution < -0.4 is 10.6 Å². The molecule has 1 aromatic heterocycles. The summed E-state index contributed by atoms with van der Waals surface area (Å²) < 4.78 is 5.53. The van der Waals surface area contributed by atoms with E-state index in [0.29, 0.717) is 0 Å². The Balaban J connectivity index is 1.67. The molecule has 3 rings (SSSR count). The number of aliphatic imine (C=N–C) groups is 1. The van der Waals surface area contributed by atoms with Gasteiger partial charge in [-0.05, 0) is 30.9 Å². The highest BCUT2D eigenvalue weighted by Gasteiger charge is 2.25. The molecule has 0 bridgehead atoms. The lowest BCUT2D eigenvalue weighted by molar-refractivity contribution is 0.0177. The number of hydrogen-bond acceptors (Lipinski definition) is 5. The van der Waals surface area contributed by atoms with E-state index in [0.717, 1.165) is 50.9 Å². The van der Waals surface area contributed by atoms with Crippen LogP contribution in [0.2, 0.25) is 0 Å². The van der Waals surface area contributed by atoms with Crippen LogP contribution in [0.25, 0.3) is 0 Å². The van der Waals surface area contributed by atoms with Crippen LogP contribution in [0.4, 0.5) is 0 Å². The Labute approximate surface area is 177 Å². The number of rotatable bonds is 8. The van der Waals surface area contributed by atoms with E-state index >= 15 is 0 Å². The molecule has 0 amide bonds. The van der Waals surface area contributed by atoms with Gasteiger partial charge in [-0.2, -0.15) is 0 Å². The van der Waals surface area contributed by atoms with Crippen LogP contribution in [0.15, 0.2) is 52.8 Å². The number of nitrogens with one attached hydrogen (secondary N) is 2. The molecule has 2 atom stereocenters. The van der Waals surface area contributed by atoms with E-state index in [1.165, 1.54) is 4.88 Å². The highest BCUT2D eigenvalue weighted by molar-refractivity contribution is 7.10. The summed E-state index contributed by atoms with van der Waals surface area (Å²) in [5.41, 5.74) is -0.148. The molecule has 2 aromatic rings. The maximum atomic E-state index is 10.9. The first-order chi connectivity index (χ1) is 14.1. The molecule has 2 heterocycles. The second-order valence-corrected chi connectivity index (χ2v) is 8.37. The number of morpholine rings is 1. The second-order valence-electron chi connectivity index (χ2n) is 7.40. The van der Waals surface area contributed by atoms with Crippen molar-refractivity contribution in [3.05, 3.63) is 58.3 Å². The van der Waals surface area contributed by atoms with Crippen LogP contribution in [0.3, 0.4) is 0 Å². The average Bonchev–Trinajstić information content (AvgIpc) is 3.28. The van der Waals surface area contributed by atoms with E-state index in [2.05, 4.69) is 38.0 Å². The molecule has 1 aliphatic heterocycles. The predicted molar refractivity (Wildman–Crippen MR) is 119 cm³/mol. The van der Waals surface area contributed by atoms with E-state index in [1.54, 1.807) is 18.3 Å². The van der Waals surface area contributed by atoms with Crippen molar-refractivity contribution in [2.24, 2.45) is 4.99 Å². The average molecular weight is 417 g/mol. The van der Waals surface area contributed by atoms with Gasteiger partial charge in [-0.25, -0.2) is 4.99 Å². The molecular formula is C22H32N4O2S. The third-order valence-electron chi connectivity index (χ3n) is 5.11. The third-order valence-corrected chi connectivity index (χ3v) is 6.08. The summed E-state index contributed by atoms with van der Waals surface area (Å²) in [6, 6.07) is 14.3. The van der Waals surface area contributed by atoms with Gasteiger partial charge in [0.2, 0.25) is 0 Å². The van der Waals surface area contributed by atoms with E-state index < -0.39 is 5.60 Å². The number of nitrogens with zero attached hydrogens (tertiary/aromatic N) is 2. The Morgan fingerprint density at radius 2 is 1.97 bits per heavy atom. The molecule has 1 aliphatic rings. The lowest BCUT2D eigenvalue weighted by atomic mass is 9.96. The summed E-state index contributed by atoms with van der Waals surface area (Å²) in [7, 11) is 0. The maximum Gasteiger partial charge on any atom is 0.191 e. The first-order valence-electron chi connectivity index (χ1n) is 10.3. The Hall–Kier alpha value is -1.93. The van der Waals surface area contributed by atoms with Gasteiger partial charge in [-0.3, -0.25) is 4.90 Å². The Morgan fingerprint density at radius 3 is 2.62 bits per heavy atom. The van der Waals surface area contributed by atoms with Crippen molar-refractivity contribution in [3.63, 3.8) is 0 Å². The molecular weight excluding hydrogens is 384 g/mol. The summed E-state index contributed by atoms with van der Waals surface area (Å²) in [5, 5.41) is 19.8. The van der Waals surface area contributed by atoms with Crippen molar-refractivity contribution in [3.8, 4) is 0 Å². The molecule has 0 aliphatic carbocycles. The van der Waals surface area contributed by atoms with Crippen LogP contribution in [-0.2, 0) is 10.3 Å². The largest absolute Gasteiger partial charge is 0.384 e. The summed E-state index contributed by atoms with van der Waals surface area (Å²) in [6.07, 6.45) is 0. The number of ether oxygens (including phenoxy) is 1. The molecule has 7 heteroatoms. The quantitative estimate of drug-likeness (QED) is 0.456. The molecule has 1 saturated heterocycles. The number of thiophene rings is 1. The Morgan fingerprint density at radius 1 is 1.21 bits per heavy atom. The summed E-state index contributed by atoms with van der Waals surface area (Å²) in [4.78, 5) is 8.47. The van der Waals surface area contributed by atoms with Crippen LogP contribution in [0, 0.1) is 0 Å². The lowest BCUT2D eigenvalue weighted by Crippen LogP contribution is -2.46. The first kappa shape index (κ1) is 21.8. The fourth-order valence-electron chi connectivity index (χ4n) is 3.44. The van der Waals surface area contributed by atoms with Gasteiger partial charge in [-0.1, -0.05) is 36.4 Å². The van der Waals surface area contributed by atoms with Crippen LogP contribution in [0.1, 0.15) is 30.3 Å². The van der Waals surface area contributed by atoms with Gasteiger partial charge in [-0.15, -0.1) is 11.3 Å². The van der Waals surface area contributed by atoms with Crippen molar-refractivity contribution < 1.29 is 9.84 Å². The van der Waals surface area contributed by atoms with Crippen LogP contribution >= 0.6 is 11.3 Å². The normalized spacial score (nSPS) is 18.8. The van der Waals surface area contributed by atoms with Crippen LogP contribution in [-0.4, -0.2) is 61.9 Å². The molecule has 1 aromatic carbocycles. The minimum atomic E-state index is -1.01. The van der Waals surface area contributed by atoms with Gasteiger partial charge >= 0.3 is 0 Å². The SMILES string of the molecule is CCNC(=NCC(C)(O)c1ccccc1)NCC(c1cccs1)N1CCOCC1. The van der Waals surface area contributed by atoms with Gasteiger partial charge in [0.1, 0.15) is 5.60 Å². The van der Waals surface area contributed by atoms with E-state index in [9.17, 15) is 5.11 Å². The molecule has 29 heavy (non-hydrogen) atoms. The standard InChI is InChI=1S/C22H32N4O2S/c1-3-23-21(25-17-22(2,27)18-8-5-4-6-9-18)24-16-19(20-10-7-15-29-20)26-11-13-28-14-12-26/h4-10,15,19,27H,3,11-14,16-17H2,1-2H3,(H2,23,24,25). The van der Waals surface area contributed by atoms with E-state index in [-0.39, 0.29) is 12.6 Å². The number of hydrogen-bond donors (Lipinski definition) is 3. The zero-order chi connectivity index (χ0) is 20.5. The first-order valence-corrected chi connectivity index (χ1v) is 11.1. The van der Waals surface area contributed by atoms with Gasteiger partial charge < -0.3 is 20.5 Å². The van der Waals surface area contributed by atoms with Gasteiger partial charge in [0, 0.05) is 31.1 Å². The van der Waals surface area contributed by atoms with Gasteiger partial charge in [0.25, 0.3) is 0 Å². The molecule has 1 fully saturated rings. The minimum Gasteiger partial charge on any atom is -0.384 e. The van der Waals surface area contributed by atoms with Gasteiger partial charge in [0.15, 0.2) is 5.96 Å². The zero-order valence-electron chi connectivity index (χ0n) is 17.3. The third kappa shape index (κ3) is 6.27. The Bertz CT molecular complexity index is 743. The number of guanidine groups is 1. The smallest absolute Gasteiger partial charge is 0.191 e. The van der Waals surface area contributed by atoms with Crippen molar-refractivity contribution >= 4 is 17.3 Å². The lowest BCUT2D eigenvalue weighted by Gasteiger charge is -2.34. The van der Waals surface area contributed by atoms with Crippen molar-refractivity contribution in [2.45, 2.75) is 25.5 Å². The molecule has 0 radical (unpaired) electrons. The molecule has 6 nitrogen and oxygen atoms in total. The van der Waals surface area contributed by atoms with Crippen LogP contribution in [0.5, 0.6) is 0 Å². The fraction of sp³-hybridized carbons (Fsp3) is 0.500. The summed E-state index contributed by atoms with van der Waals surface area (Å²) in [6.45, 7) is 9.06. The zero-order valence-corrected chi connectivity index (χ0v) is 18.1. The van der Waals surface area contributed by atoms with Crippen molar-refractivity contribution in [1.29, 1.82) is 0 Å². The summed E-state index contributed by atoms with van der Waals surface area (Å²) in [5.74, 6) is 0.721. The highest BCUT2D eigenvalue weighted by atomic mass is 32.1. The number of benzene rings is 1. The molecule has 158 valence electrons. The minimum absolute atomic E-state index is 0.275. The molecule has 0 spiro atoms. The topological polar surface area (TPSA) is 69.1 Å². The summed E-state index contributed by atoms with van der Waals surface area (Å²) >= 11 is 1.78. The second kappa shape index (κ2) is 10.7. The van der Waals surface area contributed by atoms with Crippen molar-refractivity contribution in [1.82, 2.24) is 15.5 Å². The molecule has 0 saturated carbocycles. The Kier molecular flexibility index (Phi) is 8.06. The molecule has 2 unspecified atom stereocenters. The molecule has 3 N–H and O–H groups in total. The van der Waals surface area contributed by atoms with Crippen molar-refractivity contribution in [2.75, 3.05) is 45.9 Å². The monoisotopic (exact) mass is 416 g/mol. The fourth-order valence-corrected chi connectivity index (χ4v) is 4.30. The number of aliphatic hydroxyl groups is 1. The predicted octanol–water partition coefficient (Wildman–Crippen LogP) is 2.58. The maximum absolute atomic E-state index is 10.9. The highest BCUT2D eigenvalue weighted by Crippen LogP contribution is 2.25. The van der Waals surface area contributed by atoms with E-state index in [4.69, 9.17) is 4.74 Å².